The molecule has 0 spiro atoms. The molecule has 2 aromatic rings. The first kappa shape index (κ1) is 33.0. The Morgan fingerprint density at radius 2 is 1.88 bits per heavy atom. The number of aromatic nitrogens is 2. The summed E-state index contributed by atoms with van der Waals surface area (Å²) in [5.74, 6) is 0.245. The molecule has 1 saturated heterocycles. The lowest BCUT2D eigenvalue weighted by Crippen LogP contribution is -2.49. The normalized spacial score (nSPS) is 17.8. The predicted octanol–water partition coefficient (Wildman–Crippen LogP) is 7.31. The van der Waals surface area contributed by atoms with Gasteiger partial charge >= 0.3 is 0 Å². The number of amides is 2. The van der Waals surface area contributed by atoms with Gasteiger partial charge in [0.05, 0.1) is 17.9 Å². The fourth-order valence-corrected chi connectivity index (χ4v) is 4.88. The van der Waals surface area contributed by atoms with E-state index in [2.05, 4.69) is 39.0 Å². The van der Waals surface area contributed by atoms with Crippen molar-refractivity contribution < 1.29 is 16.8 Å². The third kappa shape index (κ3) is 9.49. The van der Waals surface area contributed by atoms with Crippen LogP contribution in [0.5, 0.6) is 0 Å². The number of aryl methyl sites for hydroxylation is 1. The van der Waals surface area contributed by atoms with Crippen LogP contribution < -0.4 is 10.6 Å². The number of hydrogen-bond acceptors (Lipinski definition) is 4. The second-order valence-electron chi connectivity index (χ2n) is 10.5. The Hall–Kier alpha value is -3.16. The highest BCUT2D eigenvalue weighted by atomic mass is 19.1. The van der Waals surface area contributed by atoms with Crippen LogP contribution in [0.4, 0.5) is 4.39 Å². The molecule has 0 radical (unpaired) electrons. The van der Waals surface area contributed by atoms with Gasteiger partial charge in [-0.3, -0.25) is 9.59 Å². The summed E-state index contributed by atoms with van der Waals surface area (Å²) in [5.41, 5.74) is 2.68. The highest BCUT2D eigenvalue weighted by Crippen LogP contribution is 2.32. The summed E-state index contributed by atoms with van der Waals surface area (Å²) in [4.78, 5) is 35.7. The summed E-state index contributed by atoms with van der Waals surface area (Å²) in [6.45, 7) is 19.0. The number of rotatable bonds is 10. The monoisotopic (exact) mass is 559 g/mol. The van der Waals surface area contributed by atoms with E-state index in [9.17, 15) is 14.0 Å². The maximum atomic E-state index is 14.4. The lowest BCUT2D eigenvalue weighted by Gasteiger charge is -2.37. The van der Waals surface area contributed by atoms with Gasteiger partial charge in [-0.05, 0) is 76.5 Å². The Morgan fingerprint density at radius 3 is 2.50 bits per heavy atom. The van der Waals surface area contributed by atoms with Crippen LogP contribution in [0.15, 0.2) is 36.7 Å². The van der Waals surface area contributed by atoms with Crippen LogP contribution in [-0.4, -0.2) is 45.3 Å². The molecular formula is C32H54FN5O2. The third-order valence-corrected chi connectivity index (χ3v) is 7.25. The van der Waals surface area contributed by atoms with E-state index in [1.807, 2.05) is 47.6 Å². The Labute approximate surface area is 243 Å². The Bertz CT molecular complexity index is 1120. The lowest BCUT2D eigenvalue weighted by molar-refractivity contribution is -0.129. The minimum absolute atomic E-state index is 0. The molecule has 2 heterocycles. The molecule has 2 amide bonds. The molecule has 3 atom stereocenters. The average molecular weight is 560 g/mol. The molecule has 7 nitrogen and oxygen atoms in total. The number of benzene rings is 1. The molecule has 1 saturated carbocycles. The number of imidazole rings is 1. The Kier molecular flexibility index (Phi) is 13.4. The van der Waals surface area contributed by atoms with Gasteiger partial charge in [-0.15, -0.1) is 0 Å². The van der Waals surface area contributed by atoms with E-state index >= 15 is 0 Å². The fourth-order valence-electron chi connectivity index (χ4n) is 4.88. The number of nitrogens with one attached hydrogen (secondary N) is 3. The van der Waals surface area contributed by atoms with E-state index < -0.39 is 12.1 Å². The predicted molar refractivity (Wildman–Crippen MR) is 165 cm³/mol. The van der Waals surface area contributed by atoms with Gasteiger partial charge in [0.1, 0.15) is 17.7 Å². The zero-order chi connectivity index (χ0) is 29.8. The Balaban J connectivity index is 0.00000269. The van der Waals surface area contributed by atoms with Gasteiger partial charge in [-0.1, -0.05) is 40.3 Å². The zero-order valence-corrected chi connectivity index (χ0v) is 25.6. The molecule has 1 aliphatic heterocycles. The van der Waals surface area contributed by atoms with Gasteiger partial charge in [-0.2, -0.15) is 0 Å². The number of piperidine rings is 1. The maximum Gasteiger partial charge on any atom is 0.243 e. The number of hydrogen-bond donors (Lipinski definition) is 3. The fraction of sp³-hybridized carbons (Fsp3) is 0.594. The van der Waals surface area contributed by atoms with E-state index in [0.717, 1.165) is 43.5 Å². The van der Waals surface area contributed by atoms with Crippen molar-refractivity contribution in [2.75, 3.05) is 6.54 Å². The number of likely N-dealkylation sites (tertiary alicyclic amines) is 1. The van der Waals surface area contributed by atoms with Crippen LogP contribution in [0.2, 0.25) is 0 Å². The summed E-state index contributed by atoms with van der Waals surface area (Å²) in [6.07, 6.45) is 7.93. The highest BCUT2D eigenvalue weighted by molar-refractivity contribution is 5.88. The summed E-state index contributed by atoms with van der Waals surface area (Å²) >= 11 is 0. The molecular weight excluding hydrogens is 505 g/mol. The minimum atomic E-state index is -0.718. The molecule has 1 aliphatic carbocycles. The summed E-state index contributed by atoms with van der Waals surface area (Å²) < 4.78 is 14.4. The van der Waals surface area contributed by atoms with Crippen molar-refractivity contribution in [1.29, 1.82) is 0 Å². The van der Waals surface area contributed by atoms with Gasteiger partial charge in [0.15, 0.2) is 0 Å². The molecule has 0 bridgehead atoms. The van der Waals surface area contributed by atoms with Crippen LogP contribution in [0, 0.1) is 18.7 Å². The molecule has 1 aromatic carbocycles. The van der Waals surface area contributed by atoms with Crippen molar-refractivity contribution in [3.05, 3.63) is 53.9 Å². The van der Waals surface area contributed by atoms with E-state index in [-0.39, 0.29) is 20.5 Å². The van der Waals surface area contributed by atoms with Crippen molar-refractivity contribution in [2.45, 2.75) is 112 Å². The number of H-pyrrole nitrogens is 1. The molecule has 2 fully saturated rings. The second kappa shape index (κ2) is 16.2. The van der Waals surface area contributed by atoms with E-state index in [4.69, 9.17) is 0 Å². The quantitative estimate of drug-likeness (QED) is 0.285. The van der Waals surface area contributed by atoms with Crippen molar-refractivity contribution >= 4 is 11.8 Å². The number of carbonyl (C=O) groups is 2. The van der Waals surface area contributed by atoms with E-state index in [1.54, 1.807) is 12.3 Å². The number of aromatic amines is 1. The number of nitrogens with zero attached hydrogens (tertiary/aromatic N) is 2. The zero-order valence-electron chi connectivity index (χ0n) is 25.6. The van der Waals surface area contributed by atoms with Crippen molar-refractivity contribution in [2.24, 2.45) is 5.92 Å². The van der Waals surface area contributed by atoms with Crippen molar-refractivity contribution in [3.63, 3.8) is 0 Å². The van der Waals surface area contributed by atoms with Crippen LogP contribution in [-0.2, 0) is 9.59 Å². The van der Waals surface area contributed by atoms with Gasteiger partial charge < -0.3 is 20.5 Å². The highest BCUT2D eigenvalue weighted by Gasteiger charge is 2.30. The Morgan fingerprint density at radius 1 is 1.18 bits per heavy atom. The summed E-state index contributed by atoms with van der Waals surface area (Å²) in [5, 5.41) is 5.93. The summed E-state index contributed by atoms with van der Waals surface area (Å²) in [7, 11) is 0. The van der Waals surface area contributed by atoms with Crippen LogP contribution in [0.25, 0.3) is 11.3 Å². The van der Waals surface area contributed by atoms with Gasteiger partial charge in [0.2, 0.25) is 11.8 Å². The maximum absolute atomic E-state index is 14.4. The van der Waals surface area contributed by atoms with E-state index in [0.29, 0.717) is 41.9 Å². The SMILES string of the molecule is C=C(C[C@H](NC(=O)CC1CC1)C(=O)N[C@@H](C)c1ncc(-c2ccc(C)cc2F)[nH]1)N1CCCC[C@@H]1C.CC.CC.[HH].[HH]. The molecule has 3 N–H and O–H groups in total. The second-order valence-corrected chi connectivity index (χ2v) is 10.5. The first-order valence-electron chi connectivity index (χ1n) is 15.1. The van der Waals surface area contributed by atoms with E-state index in [1.165, 1.54) is 12.5 Å². The molecule has 4 rings (SSSR count). The average Bonchev–Trinajstić information content (AvgIpc) is 3.61. The topological polar surface area (TPSA) is 90.1 Å². The first-order valence-corrected chi connectivity index (χ1v) is 15.1. The van der Waals surface area contributed by atoms with Crippen LogP contribution in [0.1, 0.15) is 107 Å². The standard InChI is InChI=1S/C28H38FN5O2.2C2H6.2H2/c1-17-8-11-22(23(29)13-17)25-16-30-27(33-25)20(4)31-28(36)24(32-26(35)15-21-9-10-21)14-19(3)34-12-6-5-7-18(34)2;2*1-2;;/h8,11,13,16,18,20-21,24H,3,5-7,9-10,12,14-15H2,1-2,4H3,(H,30,33)(H,31,36)(H,32,35);2*1-2H3;2*1H/t18-,20-,24-;;;;/m0..../s1. The largest absolute Gasteiger partial charge is 0.373 e. The molecule has 8 heteroatoms. The smallest absolute Gasteiger partial charge is 0.243 e. The first-order chi connectivity index (χ1) is 19.2. The molecule has 2 aliphatic rings. The van der Waals surface area contributed by atoms with Gasteiger partial charge in [-0.25, -0.2) is 9.37 Å². The molecule has 40 heavy (non-hydrogen) atoms. The lowest BCUT2D eigenvalue weighted by atomic mass is 10.0. The molecule has 226 valence electrons. The molecule has 1 aromatic heterocycles. The van der Waals surface area contributed by atoms with Crippen LogP contribution >= 0.6 is 0 Å². The van der Waals surface area contributed by atoms with Gasteiger partial charge in [0.25, 0.3) is 0 Å². The van der Waals surface area contributed by atoms with Crippen molar-refractivity contribution in [3.8, 4) is 11.3 Å². The number of halogens is 1. The third-order valence-electron chi connectivity index (χ3n) is 7.25. The van der Waals surface area contributed by atoms with Crippen LogP contribution in [0.3, 0.4) is 0 Å². The van der Waals surface area contributed by atoms with Gasteiger partial charge in [0, 0.05) is 39.5 Å². The minimum Gasteiger partial charge on any atom is -0.373 e. The van der Waals surface area contributed by atoms with Crippen molar-refractivity contribution in [1.82, 2.24) is 25.5 Å². The summed E-state index contributed by atoms with van der Waals surface area (Å²) in [6, 6.07) is 4.24. The molecule has 0 unspecified atom stereocenters. The number of carbonyl (C=O) groups excluding carboxylic acids is 2.